The summed E-state index contributed by atoms with van der Waals surface area (Å²) in [5.41, 5.74) is 0. The Morgan fingerprint density at radius 3 is 2.50 bits per heavy atom. The summed E-state index contributed by atoms with van der Waals surface area (Å²) < 4.78 is 6.43. The Bertz CT molecular complexity index is 262. The summed E-state index contributed by atoms with van der Waals surface area (Å²) in [6.07, 6.45) is 11.4. The average Bonchev–Trinajstić information content (AvgIpc) is 2.45. The predicted octanol–water partition coefficient (Wildman–Crippen LogP) is 4.39. The summed E-state index contributed by atoms with van der Waals surface area (Å²) in [4.78, 5) is 0. The van der Waals surface area contributed by atoms with E-state index < -0.39 is 0 Å². The fourth-order valence-corrected chi connectivity index (χ4v) is 4.24. The lowest BCUT2D eigenvalue weighted by Gasteiger charge is -2.40. The van der Waals surface area contributed by atoms with Crippen LogP contribution in [0.4, 0.5) is 0 Å². The average molecular weight is 281 g/mol. The molecule has 118 valence electrons. The monoisotopic (exact) mass is 281 g/mol. The fraction of sp³-hybridized carbons (Fsp3) is 1.00. The second-order valence-electron chi connectivity index (χ2n) is 7.42. The highest BCUT2D eigenvalue weighted by Gasteiger charge is 2.34. The molecule has 0 heterocycles. The van der Waals surface area contributed by atoms with Gasteiger partial charge >= 0.3 is 0 Å². The molecule has 2 saturated carbocycles. The lowest BCUT2D eigenvalue weighted by atomic mass is 9.78. The van der Waals surface area contributed by atoms with Gasteiger partial charge in [-0.1, -0.05) is 40.0 Å². The molecule has 0 aliphatic heterocycles. The van der Waals surface area contributed by atoms with Crippen LogP contribution < -0.4 is 5.32 Å². The van der Waals surface area contributed by atoms with E-state index in [2.05, 4.69) is 26.1 Å². The van der Waals surface area contributed by atoms with Gasteiger partial charge in [-0.25, -0.2) is 0 Å². The Kier molecular flexibility index (Phi) is 6.83. The van der Waals surface area contributed by atoms with Gasteiger partial charge in [-0.15, -0.1) is 0 Å². The van der Waals surface area contributed by atoms with Crippen LogP contribution in [0.3, 0.4) is 0 Å². The minimum atomic E-state index is 0.444. The molecule has 2 aliphatic rings. The van der Waals surface area contributed by atoms with E-state index in [-0.39, 0.29) is 0 Å². The van der Waals surface area contributed by atoms with E-state index in [1.54, 1.807) is 0 Å². The standard InChI is InChI=1S/C18H35NO/c1-4-10-19-17-12-14(2)11-15(3)18(17)20-13-16-8-6-5-7-9-16/h14-19H,4-13H2,1-3H3. The lowest BCUT2D eigenvalue weighted by molar-refractivity contribution is -0.0545. The molecule has 2 heteroatoms. The van der Waals surface area contributed by atoms with E-state index in [1.165, 1.54) is 51.4 Å². The van der Waals surface area contributed by atoms with Crippen LogP contribution >= 0.6 is 0 Å². The number of nitrogens with one attached hydrogen (secondary N) is 1. The van der Waals surface area contributed by atoms with Crippen LogP contribution in [-0.4, -0.2) is 25.3 Å². The van der Waals surface area contributed by atoms with Crippen LogP contribution in [0.5, 0.6) is 0 Å². The maximum Gasteiger partial charge on any atom is 0.0753 e. The SMILES string of the molecule is CCCNC1CC(C)CC(C)C1OCC1CCCCC1. The highest BCUT2D eigenvalue weighted by molar-refractivity contribution is 4.89. The van der Waals surface area contributed by atoms with Crippen LogP contribution in [0.2, 0.25) is 0 Å². The van der Waals surface area contributed by atoms with Crippen LogP contribution in [-0.2, 0) is 4.74 Å². The first-order valence-corrected chi connectivity index (χ1v) is 9.05. The summed E-state index contributed by atoms with van der Waals surface area (Å²) in [5, 5.41) is 3.74. The molecule has 0 aromatic rings. The molecule has 2 fully saturated rings. The second kappa shape index (κ2) is 8.38. The topological polar surface area (TPSA) is 21.3 Å². The maximum atomic E-state index is 6.43. The molecule has 20 heavy (non-hydrogen) atoms. The van der Waals surface area contributed by atoms with E-state index in [0.29, 0.717) is 18.1 Å². The zero-order chi connectivity index (χ0) is 14.4. The Balaban J connectivity index is 1.83. The number of hydrogen-bond donors (Lipinski definition) is 1. The molecule has 2 aliphatic carbocycles. The summed E-state index contributed by atoms with van der Waals surface area (Å²) in [7, 11) is 0. The highest BCUT2D eigenvalue weighted by atomic mass is 16.5. The van der Waals surface area contributed by atoms with Crippen LogP contribution in [0, 0.1) is 17.8 Å². The predicted molar refractivity (Wildman–Crippen MR) is 86.0 cm³/mol. The summed E-state index contributed by atoms with van der Waals surface area (Å²) >= 11 is 0. The van der Waals surface area contributed by atoms with Gasteiger partial charge < -0.3 is 10.1 Å². The summed E-state index contributed by atoms with van der Waals surface area (Å²) in [6.45, 7) is 9.18. The van der Waals surface area contributed by atoms with Gasteiger partial charge in [-0.3, -0.25) is 0 Å². The maximum absolute atomic E-state index is 6.43. The second-order valence-corrected chi connectivity index (χ2v) is 7.42. The van der Waals surface area contributed by atoms with Gasteiger partial charge in [0.15, 0.2) is 0 Å². The van der Waals surface area contributed by atoms with Crippen molar-refractivity contribution in [2.45, 2.75) is 84.3 Å². The van der Waals surface area contributed by atoms with Crippen molar-refractivity contribution in [3.05, 3.63) is 0 Å². The van der Waals surface area contributed by atoms with E-state index >= 15 is 0 Å². The molecular formula is C18H35NO. The highest BCUT2D eigenvalue weighted by Crippen LogP contribution is 2.32. The minimum Gasteiger partial charge on any atom is -0.376 e. The van der Waals surface area contributed by atoms with Gasteiger partial charge in [0.05, 0.1) is 6.10 Å². The molecular weight excluding hydrogens is 246 g/mol. The van der Waals surface area contributed by atoms with Crippen molar-refractivity contribution in [3.63, 3.8) is 0 Å². The third-order valence-electron chi connectivity index (χ3n) is 5.29. The van der Waals surface area contributed by atoms with Gasteiger partial charge in [0.2, 0.25) is 0 Å². The Morgan fingerprint density at radius 2 is 1.80 bits per heavy atom. The molecule has 0 radical (unpaired) electrons. The molecule has 2 rings (SSSR count). The first kappa shape index (κ1) is 16.3. The first-order chi connectivity index (χ1) is 9.70. The third-order valence-corrected chi connectivity index (χ3v) is 5.29. The summed E-state index contributed by atoms with van der Waals surface area (Å²) in [6, 6.07) is 0.581. The molecule has 2 nitrogen and oxygen atoms in total. The van der Waals surface area contributed by atoms with E-state index in [9.17, 15) is 0 Å². The Morgan fingerprint density at radius 1 is 1.05 bits per heavy atom. The van der Waals surface area contributed by atoms with Crippen LogP contribution in [0.1, 0.15) is 72.1 Å². The minimum absolute atomic E-state index is 0.444. The largest absolute Gasteiger partial charge is 0.376 e. The Labute approximate surface area is 126 Å². The first-order valence-electron chi connectivity index (χ1n) is 9.05. The van der Waals surface area contributed by atoms with Crippen molar-refractivity contribution in [2.24, 2.45) is 17.8 Å². The smallest absolute Gasteiger partial charge is 0.0753 e. The summed E-state index contributed by atoms with van der Waals surface area (Å²) in [5.74, 6) is 2.38. The van der Waals surface area contributed by atoms with Crippen LogP contribution in [0.25, 0.3) is 0 Å². The van der Waals surface area contributed by atoms with Gasteiger partial charge in [0.25, 0.3) is 0 Å². The van der Waals surface area contributed by atoms with Crippen molar-refractivity contribution in [2.75, 3.05) is 13.2 Å². The molecule has 4 unspecified atom stereocenters. The zero-order valence-corrected chi connectivity index (χ0v) is 13.9. The van der Waals surface area contributed by atoms with E-state index in [1.807, 2.05) is 0 Å². The molecule has 0 aromatic carbocycles. The molecule has 0 spiro atoms. The van der Waals surface area contributed by atoms with Gasteiger partial charge in [0.1, 0.15) is 0 Å². The molecule has 1 N–H and O–H groups in total. The van der Waals surface area contributed by atoms with E-state index in [4.69, 9.17) is 4.74 Å². The number of rotatable bonds is 6. The van der Waals surface area contributed by atoms with Crippen molar-refractivity contribution in [3.8, 4) is 0 Å². The lowest BCUT2D eigenvalue weighted by Crippen LogP contribution is -2.50. The molecule has 4 atom stereocenters. The third kappa shape index (κ3) is 4.73. The van der Waals surface area contributed by atoms with Crippen molar-refractivity contribution in [1.29, 1.82) is 0 Å². The Hall–Kier alpha value is -0.0800. The van der Waals surface area contributed by atoms with Crippen LogP contribution in [0.15, 0.2) is 0 Å². The normalized spacial score (nSPS) is 36.1. The van der Waals surface area contributed by atoms with Gasteiger partial charge in [-0.2, -0.15) is 0 Å². The zero-order valence-electron chi connectivity index (χ0n) is 13.9. The molecule has 0 aromatic heterocycles. The molecule has 0 saturated heterocycles. The molecule has 0 amide bonds. The van der Waals surface area contributed by atoms with Gasteiger partial charge in [0, 0.05) is 12.6 Å². The van der Waals surface area contributed by atoms with Crippen molar-refractivity contribution in [1.82, 2.24) is 5.32 Å². The fourth-order valence-electron chi connectivity index (χ4n) is 4.24. The van der Waals surface area contributed by atoms with Gasteiger partial charge in [-0.05, 0) is 56.4 Å². The quantitative estimate of drug-likeness (QED) is 0.780. The van der Waals surface area contributed by atoms with Crippen molar-refractivity contribution < 1.29 is 4.74 Å². The van der Waals surface area contributed by atoms with Crippen molar-refractivity contribution >= 4 is 0 Å². The number of ether oxygens (including phenoxy) is 1. The number of hydrogen-bond acceptors (Lipinski definition) is 2. The van der Waals surface area contributed by atoms with E-state index in [0.717, 1.165) is 25.0 Å². The molecule has 0 bridgehead atoms.